The lowest BCUT2D eigenvalue weighted by Crippen LogP contribution is -2.37. The number of aliphatic imine (C=N–C) groups is 1. The van der Waals surface area contributed by atoms with Crippen molar-refractivity contribution in [1.29, 1.82) is 0 Å². The SMILES string of the molecule is CCNC(=NCc1ccc2c(c1)OCO2)NCCCc1nnc2n1CCCCC2. The highest BCUT2D eigenvalue weighted by Gasteiger charge is 2.14. The normalized spacial score (nSPS) is 15.7. The highest BCUT2D eigenvalue weighted by molar-refractivity contribution is 5.79. The van der Waals surface area contributed by atoms with E-state index in [9.17, 15) is 0 Å². The molecule has 1 aromatic carbocycles. The quantitative estimate of drug-likeness (QED) is 0.423. The van der Waals surface area contributed by atoms with E-state index in [4.69, 9.17) is 14.5 Å². The van der Waals surface area contributed by atoms with Crippen LogP contribution in [-0.4, -0.2) is 40.6 Å². The topological polar surface area (TPSA) is 85.6 Å². The van der Waals surface area contributed by atoms with E-state index in [0.717, 1.165) is 73.6 Å². The zero-order chi connectivity index (χ0) is 19.9. The Morgan fingerprint density at radius 3 is 3.00 bits per heavy atom. The van der Waals surface area contributed by atoms with Crippen LogP contribution in [0, 0.1) is 0 Å². The van der Waals surface area contributed by atoms with Gasteiger partial charge in [0.2, 0.25) is 6.79 Å². The molecule has 0 radical (unpaired) electrons. The Hall–Kier alpha value is -2.77. The summed E-state index contributed by atoms with van der Waals surface area (Å²) < 4.78 is 13.1. The van der Waals surface area contributed by atoms with Crippen molar-refractivity contribution in [2.24, 2.45) is 4.99 Å². The Morgan fingerprint density at radius 2 is 2.07 bits per heavy atom. The van der Waals surface area contributed by atoms with Crippen molar-refractivity contribution in [3.05, 3.63) is 35.4 Å². The first-order valence-electron chi connectivity index (χ1n) is 10.6. The van der Waals surface area contributed by atoms with Gasteiger partial charge in [-0.25, -0.2) is 4.99 Å². The predicted octanol–water partition coefficient (Wildman–Crippen LogP) is 2.42. The number of nitrogens with one attached hydrogen (secondary N) is 2. The second-order valence-corrected chi connectivity index (χ2v) is 7.41. The van der Waals surface area contributed by atoms with Crippen LogP contribution in [0.1, 0.15) is 49.8 Å². The summed E-state index contributed by atoms with van der Waals surface area (Å²) in [5.74, 6) is 4.69. The highest BCUT2D eigenvalue weighted by Crippen LogP contribution is 2.32. The van der Waals surface area contributed by atoms with Crippen molar-refractivity contribution in [2.75, 3.05) is 19.9 Å². The molecule has 0 bridgehead atoms. The summed E-state index contributed by atoms with van der Waals surface area (Å²) in [5.41, 5.74) is 1.10. The molecule has 2 aromatic rings. The van der Waals surface area contributed by atoms with E-state index < -0.39 is 0 Å². The highest BCUT2D eigenvalue weighted by atomic mass is 16.7. The van der Waals surface area contributed by atoms with Gasteiger partial charge in [0.15, 0.2) is 17.5 Å². The van der Waals surface area contributed by atoms with Gasteiger partial charge in [-0.05, 0) is 43.9 Å². The fourth-order valence-corrected chi connectivity index (χ4v) is 3.73. The van der Waals surface area contributed by atoms with Crippen molar-refractivity contribution in [2.45, 2.75) is 58.5 Å². The van der Waals surface area contributed by atoms with Gasteiger partial charge in [0, 0.05) is 32.5 Å². The van der Waals surface area contributed by atoms with E-state index in [-0.39, 0.29) is 0 Å². The molecule has 4 rings (SSSR count). The standard InChI is InChI=1S/C21H30N6O2/c1-2-22-21(24-14-16-9-10-17-18(13-16)29-15-28-17)23-11-6-8-20-26-25-19-7-4-3-5-12-27(19)20/h9-10,13H,2-8,11-12,14-15H2,1H3,(H2,22,23,24). The number of fused-ring (bicyclic) bond motifs is 2. The monoisotopic (exact) mass is 398 g/mol. The minimum atomic E-state index is 0.293. The minimum absolute atomic E-state index is 0.293. The fourth-order valence-electron chi connectivity index (χ4n) is 3.73. The Morgan fingerprint density at radius 1 is 1.14 bits per heavy atom. The lowest BCUT2D eigenvalue weighted by atomic mass is 10.2. The third-order valence-electron chi connectivity index (χ3n) is 5.26. The third kappa shape index (κ3) is 4.99. The van der Waals surface area contributed by atoms with Gasteiger partial charge in [-0.15, -0.1) is 10.2 Å². The van der Waals surface area contributed by atoms with Gasteiger partial charge in [0.25, 0.3) is 0 Å². The van der Waals surface area contributed by atoms with Crippen LogP contribution in [0.15, 0.2) is 23.2 Å². The van der Waals surface area contributed by atoms with Crippen molar-refractivity contribution < 1.29 is 9.47 Å². The first kappa shape index (κ1) is 19.5. The summed E-state index contributed by atoms with van der Waals surface area (Å²) in [7, 11) is 0. The maximum atomic E-state index is 5.44. The number of hydrogen-bond donors (Lipinski definition) is 2. The van der Waals surface area contributed by atoms with Gasteiger partial charge in [0.1, 0.15) is 11.6 Å². The van der Waals surface area contributed by atoms with Crippen LogP contribution in [0.3, 0.4) is 0 Å². The first-order valence-corrected chi connectivity index (χ1v) is 10.6. The summed E-state index contributed by atoms with van der Waals surface area (Å²) in [6, 6.07) is 5.96. The second kappa shape index (κ2) is 9.62. The lowest BCUT2D eigenvalue weighted by molar-refractivity contribution is 0.174. The summed E-state index contributed by atoms with van der Waals surface area (Å²) in [4.78, 5) is 4.69. The molecule has 2 aliphatic rings. The molecule has 156 valence electrons. The molecule has 8 nitrogen and oxygen atoms in total. The molecule has 0 saturated carbocycles. The molecule has 0 atom stereocenters. The molecular formula is C21H30N6O2. The van der Waals surface area contributed by atoms with E-state index >= 15 is 0 Å². The summed E-state index contributed by atoms with van der Waals surface area (Å²) in [5, 5.41) is 15.5. The molecule has 0 spiro atoms. The van der Waals surface area contributed by atoms with Crippen LogP contribution in [0.4, 0.5) is 0 Å². The van der Waals surface area contributed by atoms with E-state index in [0.29, 0.717) is 13.3 Å². The van der Waals surface area contributed by atoms with E-state index in [2.05, 4.69) is 32.3 Å². The first-order chi connectivity index (χ1) is 14.3. The minimum Gasteiger partial charge on any atom is -0.454 e. The molecule has 3 heterocycles. The average Bonchev–Trinajstić information content (AvgIpc) is 3.29. The van der Waals surface area contributed by atoms with E-state index in [1.807, 2.05) is 18.2 Å². The van der Waals surface area contributed by atoms with Gasteiger partial charge >= 0.3 is 0 Å². The van der Waals surface area contributed by atoms with Crippen molar-refractivity contribution in [3.8, 4) is 11.5 Å². The Kier molecular flexibility index (Phi) is 6.49. The Bertz CT molecular complexity index is 848. The molecule has 1 aromatic heterocycles. The number of hydrogen-bond acceptors (Lipinski definition) is 5. The summed E-state index contributed by atoms with van der Waals surface area (Å²) in [6.45, 7) is 5.68. The van der Waals surface area contributed by atoms with Crippen LogP contribution in [0.2, 0.25) is 0 Å². The molecule has 0 fully saturated rings. The molecule has 29 heavy (non-hydrogen) atoms. The van der Waals surface area contributed by atoms with Gasteiger partial charge in [-0.1, -0.05) is 12.5 Å². The number of ether oxygens (including phenoxy) is 2. The number of aryl methyl sites for hydroxylation is 2. The number of nitrogens with zero attached hydrogens (tertiary/aromatic N) is 4. The van der Waals surface area contributed by atoms with Crippen LogP contribution < -0.4 is 20.1 Å². The van der Waals surface area contributed by atoms with Crippen LogP contribution >= 0.6 is 0 Å². The van der Waals surface area contributed by atoms with Crippen molar-refractivity contribution >= 4 is 5.96 Å². The van der Waals surface area contributed by atoms with Crippen LogP contribution in [0.25, 0.3) is 0 Å². The second-order valence-electron chi connectivity index (χ2n) is 7.41. The molecule has 8 heteroatoms. The smallest absolute Gasteiger partial charge is 0.231 e. The number of benzene rings is 1. The molecule has 2 aliphatic heterocycles. The number of aromatic nitrogens is 3. The Labute approximate surface area is 171 Å². The zero-order valence-electron chi connectivity index (χ0n) is 17.1. The molecule has 0 saturated heterocycles. The van der Waals surface area contributed by atoms with Crippen LogP contribution in [0.5, 0.6) is 11.5 Å². The molecule has 2 N–H and O–H groups in total. The average molecular weight is 399 g/mol. The van der Waals surface area contributed by atoms with E-state index in [1.54, 1.807) is 0 Å². The van der Waals surface area contributed by atoms with Gasteiger partial charge in [-0.3, -0.25) is 0 Å². The Balaban J connectivity index is 1.27. The fraction of sp³-hybridized carbons (Fsp3) is 0.571. The third-order valence-corrected chi connectivity index (χ3v) is 5.26. The maximum absolute atomic E-state index is 5.44. The zero-order valence-corrected chi connectivity index (χ0v) is 17.1. The van der Waals surface area contributed by atoms with Gasteiger partial charge < -0.3 is 24.7 Å². The molecule has 0 amide bonds. The van der Waals surface area contributed by atoms with Crippen LogP contribution in [-0.2, 0) is 25.9 Å². The molecule has 0 aliphatic carbocycles. The lowest BCUT2D eigenvalue weighted by Gasteiger charge is -2.12. The summed E-state index contributed by atoms with van der Waals surface area (Å²) >= 11 is 0. The number of guanidine groups is 1. The van der Waals surface area contributed by atoms with Gasteiger partial charge in [0.05, 0.1) is 6.54 Å². The molecular weight excluding hydrogens is 368 g/mol. The van der Waals surface area contributed by atoms with E-state index in [1.165, 1.54) is 19.3 Å². The largest absolute Gasteiger partial charge is 0.454 e. The van der Waals surface area contributed by atoms with Crippen molar-refractivity contribution in [1.82, 2.24) is 25.4 Å². The van der Waals surface area contributed by atoms with Gasteiger partial charge in [-0.2, -0.15) is 0 Å². The predicted molar refractivity (Wildman–Crippen MR) is 111 cm³/mol. The number of rotatable bonds is 7. The molecule has 0 unspecified atom stereocenters. The summed E-state index contributed by atoms with van der Waals surface area (Å²) in [6.07, 6.45) is 6.73. The van der Waals surface area contributed by atoms with Crippen molar-refractivity contribution in [3.63, 3.8) is 0 Å². The maximum Gasteiger partial charge on any atom is 0.231 e.